The maximum Gasteiger partial charge on any atom is 0.194 e. The van der Waals surface area contributed by atoms with Crippen molar-refractivity contribution in [1.29, 1.82) is 0 Å². The Balaban J connectivity index is 0.00000225. The van der Waals surface area contributed by atoms with Crippen LogP contribution >= 0.6 is 24.0 Å². The van der Waals surface area contributed by atoms with Gasteiger partial charge < -0.3 is 19.4 Å². The van der Waals surface area contributed by atoms with Crippen molar-refractivity contribution in [2.75, 3.05) is 46.4 Å². The lowest BCUT2D eigenvalue weighted by Gasteiger charge is -2.32. The van der Waals surface area contributed by atoms with Crippen LogP contribution in [0.4, 0.5) is 0 Å². The molecule has 0 aliphatic carbocycles. The molecule has 1 atom stereocenters. The molecule has 6 nitrogen and oxygen atoms in total. The second-order valence-electron chi connectivity index (χ2n) is 7.07. The molecule has 0 radical (unpaired) electrons. The molecule has 28 heavy (non-hydrogen) atoms. The molecule has 2 aliphatic rings. The maximum atomic E-state index is 5.99. The molecule has 0 amide bonds. The molecule has 1 N–H and O–H groups in total. The van der Waals surface area contributed by atoms with E-state index in [1.807, 2.05) is 37.4 Å². The molecule has 1 unspecified atom stereocenters. The predicted molar refractivity (Wildman–Crippen MR) is 122 cm³/mol. The summed E-state index contributed by atoms with van der Waals surface area (Å²) in [7, 11) is 1.85. The standard InChI is InChI=1S/C21H28N4O2.HI/c1-22-21(25-10-9-18(16-25)24-11-13-26-14-12-24)23-15-19-7-8-20(27-19)17-5-3-2-4-6-17;/h2-8,18H,9-16H2,1H3,(H,22,23);1H. The van der Waals surface area contributed by atoms with Crippen molar-refractivity contribution < 1.29 is 9.15 Å². The molecule has 1 aromatic carbocycles. The molecular formula is C21H29IN4O2. The monoisotopic (exact) mass is 496 g/mol. The highest BCUT2D eigenvalue weighted by molar-refractivity contribution is 14.0. The van der Waals surface area contributed by atoms with E-state index in [1.54, 1.807) is 0 Å². The van der Waals surface area contributed by atoms with Gasteiger partial charge in [-0.1, -0.05) is 30.3 Å². The fourth-order valence-electron chi connectivity index (χ4n) is 3.90. The highest BCUT2D eigenvalue weighted by atomic mass is 127. The van der Waals surface area contributed by atoms with Crippen LogP contribution in [0.15, 0.2) is 51.9 Å². The number of aliphatic imine (C=N–C) groups is 1. The Labute approximate surface area is 184 Å². The normalized spacial score (nSPS) is 20.8. The van der Waals surface area contributed by atoms with E-state index in [2.05, 4.69) is 32.2 Å². The molecule has 152 valence electrons. The van der Waals surface area contributed by atoms with E-state index in [0.717, 1.165) is 62.4 Å². The van der Waals surface area contributed by atoms with Gasteiger partial charge in [0.25, 0.3) is 0 Å². The minimum atomic E-state index is 0. The number of rotatable bonds is 4. The zero-order valence-electron chi connectivity index (χ0n) is 16.3. The summed E-state index contributed by atoms with van der Waals surface area (Å²) in [6.45, 7) is 6.48. The van der Waals surface area contributed by atoms with Crippen molar-refractivity contribution in [2.45, 2.75) is 19.0 Å². The van der Waals surface area contributed by atoms with Crippen LogP contribution in [0.1, 0.15) is 12.2 Å². The molecule has 4 rings (SSSR count). The minimum Gasteiger partial charge on any atom is -0.459 e. The van der Waals surface area contributed by atoms with Crippen LogP contribution in [0, 0.1) is 0 Å². The van der Waals surface area contributed by atoms with Gasteiger partial charge in [0.15, 0.2) is 5.96 Å². The Morgan fingerprint density at radius 1 is 1.11 bits per heavy atom. The van der Waals surface area contributed by atoms with Crippen LogP contribution in [-0.4, -0.2) is 68.2 Å². The Kier molecular flexibility index (Phi) is 7.75. The largest absolute Gasteiger partial charge is 0.459 e. The van der Waals surface area contributed by atoms with Crippen LogP contribution in [-0.2, 0) is 11.3 Å². The average Bonchev–Trinajstić information content (AvgIpc) is 3.40. The van der Waals surface area contributed by atoms with Crippen molar-refractivity contribution in [1.82, 2.24) is 15.1 Å². The van der Waals surface area contributed by atoms with Crippen molar-refractivity contribution in [2.24, 2.45) is 4.99 Å². The van der Waals surface area contributed by atoms with E-state index in [-0.39, 0.29) is 24.0 Å². The molecule has 2 fully saturated rings. The van der Waals surface area contributed by atoms with Gasteiger partial charge in [0.1, 0.15) is 11.5 Å². The smallest absolute Gasteiger partial charge is 0.194 e. The molecular weight excluding hydrogens is 467 g/mol. The Bertz CT molecular complexity index is 759. The number of ether oxygens (including phenoxy) is 1. The third-order valence-corrected chi connectivity index (χ3v) is 5.38. The number of guanidine groups is 1. The van der Waals surface area contributed by atoms with Crippen molar-refractivity contribution in [3.63, 3.8) is 0 Å². The van der Waals surface area contributed by atoms with Gasteiger partial charge in [0.2, 0.25) is 0 Å². The number of nitrogens with zero attached hydrogens (tertiary/aromatic N) is 3. The van der Waals surface area contributed by atoms with E-state index in [4.69, 9.17) is 9.15 Å². The van der Waals surface area contributed by atoms with Gasteiger partial charge in [0.05, 0.1) is 19.8 Å². The molecule has 0 bridgehead atoms. The number of morpholine rings is 1. The Morgan fingerprint density at radius 2 is 1.89 bits per heavy atom. The summed E-state index contributed by atoms with van der Waals surface area (Å²) in [5, 5.41) is 3.45. The highest BCUT2D eigenvalue weighted by Crippen LogP contribution is 2.22. The van der Waals surface area contributed by atoms with E-state index in [1.165, 1.54) is 6.42 Å². The van der Waals surface area contributed by atoms with Crippen LogP contribution < -0.4 is 5.32 Å². The van der Waals surface area contributed by atoms with Crippen molar-refractivity contribution in [3.8, 4) is 11.3 Å². The van der Waals surface area contributed by atoms with Crippen molar-refractivity contribution in [3.05, 3.63) is 48.2 Å². The number of halogens is 1. The predicted octanol–water partition coefficient (Wildman–Crippen LogP) is 3.05. The maximum absolute atomic E-state index is 5.99. The summed E-state index contributed by atoms with van der Waals surface area (Å²) in [6, 6.07) is 14.8. The number of benzene rings is 1. The van der Waals surface area contributed by atoms with Crippen LogP contribution in [0.3, 0.4) is 0 Å². The second kappa shape index (κ2) is 10.3. The minimum absolute atomic E-state index is 0. The SMILES string of the molecule is CN=C(NCc1ccc(-c2ccccc2)o1)N1CCC(N2CCOCC2)C1.I. The van der Waals surface area contributed by atoms with E-state index in [9.17, 15) is 0 Å². The molecule has 2 aliphatic heterocycles. The summed E-state index contributed by atoms with van der Waals surface area (Å²) in [5.41, 5.74) is 1.10. The third kappa shape index (κ3) is 5.07. The van der Waals surface area contributed by atoms with Crippen LogP contribution in [0.5, 0.6) is 0 Å². The Morgan fingerprint density at radius 3 is 2.64 bits per heavy atom. The highest BCUT2D eigenvalue weighted by Gasteiger charge is 2.30. The van der Waals surface area contributed by atoms with Crippen molar-refractivity contribution >= 4 is 29.9 Å². The third-order valence-electron chi connectivity index (χ3n) is 5.38. The van der Waals surface area contributed by atoms with Gasteiger partial charge in [-0.05, 0) is 18.6 Å². The fraction of sp³-hybridized carbons (Fsp3) is 0.476. The lowest BCUT2D eigenvalue weighted by molar-refractivity contribution is 0.0195. The van der Waals surface area contributed by atoms with E-state index in [0.29, 0.717) is 12.6 Å². The second-order valence-corrected chi connectivity index (χ2v) is 7.07. The van der Waals surface area contributed by atoms with Gasteiger partial charge >= 0.3 is 0 Å². The fourth-order valence-corrected chi connectivity index (χ4v) is 3.90. The first-order valence-corrected chi connectivity index (χ1v) is 9.75. The van der Waals surface area contributed by atoms with Gasteiger partial charge in [-0.15, -0.1) is 24.0 Å². The zero-order valence-corrected chi connectivity index (χ0v) is 18.7. The first-order valence-electron chi connectivity index (χ1n) is 9.75. The topological polar surface area (TPSA) is 53.2 Å². The molecule has 1 aromatic heterocycles. The quantitative estimate of drug-likeness (QED) is 0.401. The van der Waals surface area contributed by atoms with E-state index < -0.39 is 0 Å². The van der Waals surface area contributed by atoms with Gasteiger partial charge in [0, 0.05) is 44.8 Å². The van der Waals surface area contributed by atoms with E-state index >= 15 is 0 Å². The molecule has 2 aromatic rings. The molecule has 3 heterocycles. The molecule has 7 heteroatoms. The summed E-state index contributed by atoms with van der Waals surface area (Å²) in [5.74, 6) is 2.76. The zero-order chi connectivity index (χ0) is 18.5. The average molecular weight is 496 g/mol. The number of hydrogen-bond donors (Lipinski definition) is 1. The molecule has 0 saturated carbocycles. The first-order chi connectivity index (χ1) is 13.3. The summed E-state index contributed by atoms with van der Waals surface area (Å²) in [4.78, 5) is 9.38. The van der Waals surface area contributed by atoms with Crippen LogP contribution in [0.25, 0.3) is 11.3 Å². The first kappa shape index (κ1) is 21.1. The van der Waals surface area contributed by atoms with Gasteiger partial charge in [-0.3, -0.25) is 9.89 Å². The summed E-state index contributed by atoms with van der Waals surface area (Å²) < 4.78 is 11.5. The summed E-state index contributed by atoms with van der Waals surface area (Å²) in [6.07, 6.45) is 1.18. The number of nitrogens with one attached hydrogen (secondary N) is 1. The molecule has 0 spiro atoms. The lowest BCUT2D eigenvalue weighted by atomic mass is 10.2. The number of furan rings is 1. The molecule has 2 saturated heterocycles. The Hall–Kier alpha value is -1.58. The summed E-state index contributed by atoms with van der Waals surface area (Å²) >= 11 is 0. The lowest BCUT2D eigenvalue weighted by Crippen LogP contribution is -2.46. The van der Waals surface area contributed by atoms with Crippen LogP contribution in [0.2, 0.25) is 0 Å². The number of likely N-dealkylation sites (tertiary alicyclic amines) is 1. The van der Waals surface area contributed by atoms with Gasteiger partial charge in [-0.25, -0.2) is 0 Å². The number of hydrogen-bond acceptors (Lipinski definition) is 4. The van der Waals surface area contributed by atoms with Gasteiger partial charge in [-0.2, -0.15) is 0 Å².